The number of hydrogen-bond acceptors (Lipinski definition) is 2. The van der Waals surface area contributed by atoms with E-state index in [0.29, 0.717) is 5.84 Å². The van der Waals surface area contributed by atoms with Crippen LogP contribution in [0.5, 0.6) is 0 Å². The summed E-state index contributed by atoms with van der Waals surface area (Å²) in [6.07, 6.45) is 6.48. The molecule has 0 radical (unpaired) electrons. The second-order valence-corrected chi connectivity index (χ2v) is 5.61. The van der Waals surface area contributed by atoms with Gasteiger partial charge in [0.25, 0.3) is 0 Å². The molecule has 0 aliphatic heterocycles. The van der Waals surface area contributed by atoms with Crippen LogP contribution in [-0.2, 0) is 0 Å². The molecule has 1 aliphatic carbocycles. The molecule has 0 aromatic carbocycles. The smallest absolute Gasteiger partial charge is 0.0963 e. The zero-order valence-electron chi connectivity index (χ0n) is 11.1. The average Bonchev–Trinajstić information content (AvgIpc) is 2.71. The number of rotatable bonds is 6. The Kier molecular flexibility index (Phi) is 4.78. The monoisotopic (exact) mass is 225 g/mol. The molecule has 0 amide bonds. The molecule has 3 nitrogen and oxygen atoms in total. The quantitative estimate of drug-likeness (QED) is 0.539. The van der Waals surface area contributed by atoms with E-state index in [1.54, 1.807) is 0 Å². The van der Waals surface area contributed by atoms with Gasteiger partial charge in [0.05, 0.1) is 5.84 Å². The summed E-state index contributed by atoms with van der Waals surface area (Å²) < 4.78 is 0. The molecule has 0 atom stereocenters. The first kappa shape index (κ1) is 13.5. The largest absolute Gasteiger partial charge is 0.387 e. The number of nitrogens with one attached hydrogen (secondary N) is 1. The summed E-state index contributed by atoms with van der Waals surface area (Å²) in [6, 6.07) is 0.785. The van der Waals surface area contributed by atoms with Gasteiger partial charge in [-0.3, -0.25) is 5.41 Å². The van der Waals surface area contributed by atoms with Crippen LogP contribution in [-0.4, -0.2) is 29.9 Å². The van der Waals surface area contributed by atoms with Crippen molar-refractivity contribution in [2.45, 2.75) is 58.9 Å². The molecule has 0 spiro atoms. The summed E-state index contributed by atoms with van der Waals surface area (Å²) in [5.74, 6) is 0.315. The molecule has 3 N–H and O–H groups in total. The van der Waals surface area contributed by atoms with Crippen molar-refractivity contribution in [3.05, 3.63) is 0 Å². The zero-order chi connectivity index (χ0) is 12.2. The van der Waals surface area contributed by atoms with Crippen molar-refractivity contribution in [2.75, 3.05) is 13.1 Å². The lowest BCUT2D eigenvalue weighted by atomic mass is 9.87. The summed E-state index contributed by atoms with van der Waals surface area (Å²) in [5.41, 5.74) is 5.47. The van der Waals surface area contributed by atoms with Crippen LogP contribution in [0.25, 0.3) is 0 Å². The van der Waals surface area contributed by atoms with E-state index in [1.165, 1.54) is 25.7 Å². The molecule has 16 heavy (non-hydrogen) atoms. The molecule has 94 valence electrons. The van der Waals surface area contributed by atoms with Crippen LogP contribution >= 0.6 is 0 Å². The van der Waals surface area contributed by atoms with E-state index in [1.807, 2.05) is 0 Å². The van der Waals surface area contributed by atoms with Gasteiger partial charge in [-0.2, -0.15) is 0 Å². The highest BCUT2D eigenvalue weighted by Gasteiger charge is 2.26. The van der Waals surface area contributed by atoms with Crippen LogP contribution in [0, 0.1) is 10.8 Å². The normalized spacial score (nSPS) is 18.2. The van der Waals surface area contributed by atoms with Crippen LogP contribution < -0.4 is 5.73 Å². The van der Waals surface area contributed by atoms with Crippen LogP contribution in [0.1, 0.15) is 52.9 Å². The standard InChI is InChI=1S/C13H27N3/c1-4-16(11-7-5-6-8-11)10-9-13(2,3)12(14)15/h11H,4-10H2,1-3H3,(H3,14,15). The zero-order valence-corrected chi connectivity index (χ0v) is 11.1. The molecule has 0 aromatic rings. The van der Waals surface area contributed by atoms with Gasteiger partial charge in [0.15, 0.2) is 0 Å². The molecule has 1 saturated carbocycles. The maximum absolute atomic E-state index is 7.57. The lowest BCUT2D eigenvalue weighted by Crippen LogP contribution is -2.39. The van der Waals surface area contributed by atoms with E-state index < -0.39 is 0 Å². The third-order valence-corrected chi connectivity index (χ3v) is 4.00. The lowest BCUT2D eigenvalue weighted by molar-refractivity contribution is 0.190. The fourth-order valence-corrected chi connectivity index (χ4v) is 2.43. The molecule has 0 aromatic heterocycles. The highest BCUT2D eigenvalue weighted by atomic mass is 15.1. The first-order valence-corrected chi connectivity index (χ1v) is 6.56. The Labute approximate surface area is 99.9 Å². The van der Waals surface area contributed by atoms with E-state index in [-0.39, 0.29) is 5.41 Å². The number of nitrogens with two attached hydrogens (primary N) is 1. The van der Waals surface area contributed by atoms with Crippen molar-refractivity contribution in [2.24, 2.45) is 11.1 Å². The van der Waals surface area contributed by atoms with Crippen LogP contribution in [0.2, 0.25) is 0 Å². The number of amidine groups is 1. The highest BCUT2D eigenvalue weighted by molar-refractivity contribution is 5.82. The molecule has 1 aliphatic rings. The van der Waals surface area contributed by atoms with Gasteiger partial charge in [-0.25, -0.2) is 0 Å². The SMILES string of the molecule is CCN(CCC(C)(C)C(=N)N)C1CCCC1. The Bertz CT molecular complexity index is 229. The van der Waals surface area contributed by atoms with E-state index >= 15 is 0 Å². The summed E-state index contributed by atoms with van der Waals surface area (Å²) in [5, 5.41) is 7.57. The van der Waals surface area contributed by atoms with Gasteiger partial charge in [-0.15, -0.1) is 0 Å². The van der Waals surface area contributed by atoms with Gasteiger partial charge in [0.2, 0.25) is 0 Å². The molecule has 1 rings (SSSR count). The fraction of sp³-hybridized carbons (Fsp3) is 0.923. The molecular formula is C13H27N3. The van der Waals surface area contributed by atoms with Crippen LogP contribution in [0.15, 0.2) is 0 Å². The average molecular weight is 225 g/mol. The minimum Gasteiger partial charge on any atom is -0.387 e. The van der Waals surface area contributed by atoms with Gasteiger partial charge < -0.3 is 10.6 Å². The van der Waals surface area contributed by atoms with Gasteiger partial charge in [0.1, 0.15) is 0 Å². The van der Waals surface area contributed by atoms with Crippen molar-refractivity contribution >= 4 is 5.84 Å². The van der Waals surface area contributed by atoms with Gasteiger partial charge in [0, 0.05) is 11.5 Å². The van der Waals surface area contributed by atoms with Crippen LogP contribution in [0.3, 0.4) is 0 Å². The Morgan fingerprint density at radius 1 is 1.38 bits per heavy atom. The second kappa shape index (κ2) is 5.67. The summed E-state index contributed by atoms with van der Waals surface area (Å²) in [7, 11) is 0. The summed E-state index contributed by atoms with van der Waals surface area (Å²) in [6.45, 7) is 8.57. The number of hydrogen-bond donors (Lipinski definition) is 2. The van der Waals surface area contributed by atoms with Crippen molar-refractivity contribution in [3.8, 4) is 0 Å². The minimum absolute atomic E-state index is 0.147. The predicted molar refractivity (Wildman–Crippen MR) is 69.8 cm³/mol. The topological polar surface area (TPSA) is 53.1 Å². The van der Waals surface area contributed by atoms with Gasteiger partial charge in [-0.05, 0) is 32.4 Å². The van der Waals surface area contributed by atoms with Gasteiger partial charge in [-0.1, -0.05) is 33.6 Å². The molecule has 0 unspecified atom stereocenters. The Hall–Kier alpha value is -0.570. The first-order valence-electron chi connectivity index (χ1n) is 6.56. The minimum atomic E-state index is -0.147. The van der Waals surface area contributed by atoms with E-state index in [4.69, 9.17) is 11.1 Å². The van der Waals surface area contributed by atoms with Crippen molar-refractivity contribution in [1.82, 2.24) is 4.90 Å². The lowest BCUT2D eigenvalue weighted by Gasteiger charge is -2.31. The van der Waals surface area contributed by atoms with Crippen LogP contribution in [0.4, 0.5) is 0 Å². The predicted octanol–water partition coefficient (Wildman–Crippen LogP) is 2.60. The fourth-order valence-electron chi connectivity index (χ4n) is 2.43. The van der Waals surface area contributed by atoms with E-state index in [0.717, 1.165) is 25.6 Å². The molecule has 0 bridgehead atoms. The summed E-state index contributed by atoms with van der Waals surface area (Å²) >= 11 is 0. The maximum Gasteiger partial charge on any atom is 0.0963 e. The maximum atomic E-state index is 7.57. The van der Waals surface area contributed by atoms with Crippen molar-refractivity contribution < 1.29 is 0 Å². The van der Waals surface area contributed by atoms with E-state index in [2.05, 4.69) is 25.7 Å². The Morgan fingerprint density at radius 3 is 2.38 bits per heavy atom. The molecule has 3 heteroatoms. The third-order valence-electron chi connectivity index (χ3n) is 4.00. The van der Waals surface area contributed by atoms with Crippen molar-refractivity contribution in [1.29, 1.82) is 5.41 Å². The molecule has 0 saturated heterocycles. The molecule has 1 fully saturated rings. The summed E-state index contributed by atoms with van der Waals surface area (Å²) in [4.78, 5) is 2.57. The first-order chi connectivity index (χ1) is 7.47. The van der Waals surface area contributed by atoms with Crippen molar-refractivity contribution in [3.63, 3.8) is 0 Å². The second-order valence-electron chi connectivity index (χ2n) is 5.61. The Balaban J connectivity index is 2.41. The van der Waals surface area contributed by atoms with E-state index in [9.17, 15) is 0 Å². The van der Waals surface area contributed by atoms with Gasteiger partial charge >= 0.3 is 0 Å². The third kappa shape index (κ3) is 3.48. The highest BCUT2D eigenvalue weighted by Crippen LogP contribution is 2.26. The Morgan fingerprint density at radius 2 is 1.94 bits per heavy atom. The molecular weight excluding hydrogens is 198 g/mol. The number of nitrogens with zero attached hydrogens (tertiary/aromatic N) is 1. The molecule has 0 heterocycles.